The van der Waals surface area contributed by atoms with Crippen LogP contribution in [-0.2, 0) is 0 Å². The van der Waals surface area contributed by atoms with Gasteiger partial charge in [0.2, 0.25) is 0 Å². The smallest absolute Gasteiger partial charge is 0.258 e. The van der Waals surface area contributed by atoms with Crippen LogP contribution in [0.25, 0.3) is 32.2 Å². The number of nitrogens with one attached hydrogen (secondary N) is 1. The lowest BCUT2D eigenvalue weighted by molar-refractivity contribution is 0.0992. The monoisotopic (exact) mass is 449 g/mol. The largest absolute Gasteiger partial charge is 0.321 e. The molecule has 1 aliphatic heterocycles. The van der Waals surface area contributed by atoms with E-state index in [-0.39, 0.29) is 11.8 Å². The highest BCUT2D eigenvalue weighted by atomic mass is 32.1. The second-order valence-corrected chi connectivity index (χ2v) is 8.86. The highest BCUT2D eigenvalue weighted by molar-refractivity contribution is 7.13. The number of hydrogen-bond donors (Lipinski definition) is 1. The van der Waals surface area contributed by atoms with Crippen LogP contribution in [0.3, 0.4) is 0 Å². The van der Waals surface area contributed by atoms with Crippen molar-refractivity contribution in [1.82, 2.24) is 4.98 Å². The molecule has 2 amide bonds. The molecule has 0 atom stereocenters. The number of amides is 2. The first-order valence-corrected chi connectivity index (χ1v) is 11.7. The molecule has 0 saturated carbocycles. The van der Waals surface area contributed by atoms with Crippen molar-refractivity contribution in [3.05, 3.63) is 89.3 Å². The summed E-state index contributed by atoms with van der Waals surface area (Å²) in [5.74, 6) is -0.203. The summed E-state index contributed by atoms with van der Waals surface area (Å²) in [6, 6.07) is 23.0. The molecule has 2 aromatic heterocycles. The van der Waals surface area contributed by atoms with Crippen LogP contribution in [0.15, 0.2) is 78.2 Å². The maximum Gasteiger partial charge on any atom is 0.258 e. The van der Waals surface area contributed by atoms with Gasteiger partial charge in [-0.3, -0.25) is 9.59 Å². The number of hydrogen-bond acceptors (Lipinski definition) is 4. The van der Waals surface area contributed by atoms with E-state index in [1.54, 1.807) is 16.2 Å². The number of rotatable bonds is 4. The van der Waals surface area contributed by atoms with Crippen molar-refractivity contribution < 1.29 is 9.59 Å². The Morgan fingerprint density at radius 2 is 1.85 bits per heavy atom. The molecule has 1 aliphatic rings. The third-order valence-corrected chi connectivity index (χ3v) is 6.98. The van der Waals surface area contributed by atoms with Crippen LogP contribution in [0.5, 0.6) is 0 Å². The summed E-state index contributed by atoms with van der Waals surface area (Å²) in [6.07, 6.45) is 0. The van der Waals surface area contributed by atoms with Gasteiger partial charge >= 0.3 is 0 Å². The first-order chi connectivity index (χ1) is 16.2. The third-order valence-electron chi connectivity index (χ3n) is 6.08. The number of para-hydroxylation sites is 1. The Morgan fingerprint density at radius 1 is 1.00 bits per heavy atom. The summed E-state index contributed by atoms with van der Waals surface area (Å²) in [5.41, 5.74) is 4.37. The molecule has 0 bridgehead atoms. The number of fused-ring (bicyclic) bond motifs is 1. The van der Waals surface area contributed by atoms with Gasteiger partial charge in [0, 0.05) is 34.0 Å². The van der Waals surface area contributed by atoms with Crippen LogP contribution in [0.2, 0.25) is 0 Å². The summed E-state index contributed by atoms with van der Waals surface area (Å²) in [5, 5.41) is 7.65. The van der Waals surface area contributed by atoms with E-state index < -0.39 is 0 Å². The average Bonchev–Trinajstić information content (AvgIpc) is 3.48. The second kappa shape index (κ2) is 7.53. The van der Waals surface area contributed by atoms with E-state index in [1.165, 1.54) is 0 Å². The highest BCUT2D eigenvalue weighted by Crippen LogP contribution is 2.40. The van der Waals surface area contributed by atoms with E-state index >= 15 is 0 Å². The van der Waals surface area contributed by atoms with Crippen molar-refractivity contribution in [1.29, 1.82) is 0 Å². The molecular weight excluding hydrogens is 430 g/mol. The first-order valence-electron chi connectivity index (χ1n) is 10.8. The maximum atomic E-state index is 13.6. The van der Waals surface area contributed by atoms with Gasteiger partial charge in [-0.05, 0) is 48.7 Å². The Morgan fingerprint density at radius 3 is 2.67 bits per heavy atom. The van der Waals surface area contributed by atoms with Crippen molar-refractivity contribution >= 4 is 56.2 Å². The average molecular weight is 450 g/mol. The maximum absolute atomic E-state index is 13.6. The molecule has 6 heteroatoms. The molecule has 0 fully saturated rings. The van der Waals surface area contributed by atoms with Crippen LogP contribution in [0, 0.1) is 0 Å². The molecule has 0 saturated heterocycles. The lowest BCUT2D eigenvalue weighted by Gasteiger charge is -2.16. The van der Waals surface area contributed by atoms with Crippen molar-refractivity contribution in [2.75, 3.05) is 16.8 Å². The molecule has 5 aromatic rings. The molecule has 0 aliphatic carbocycles. The van der Waals surface area contributed by atoms with Gasteiger partial charge in [0.15, 0.2) is 0 Å². The lowest BCUT2D eigenvalue weighted by Crippen LogP contribution is -2.25. The standard InChI is InChI=1S/C27H19N3O2S/c1-2-30-23-13-12-21(17-8-5-9-18(25(17)23)27(30)32)29-26(31)19-15-22(24-11-6-14-33-24)28-20-10-4-3-7-16(19)20/h3-15H,2H2,1H3,(H,29,31). The zero-order chi connectivity index (χ0) is 22.5. The van der Waals surface area contributed by atoms with Crippen LogP contribution in [-0.4, -0.2) is 23.3 Å². The molecule has 3 aromatic carbocycles. The fraction of sp³-hybridized carbons (Fsp3) is 0.0741. The fourth-order valence-electron chi connectivity index (χ4n) is 4.57. The Bertz CT molecular complexity index is 1570. The van der Waals surface area contributed by atoms with Crippen molar-refractivity contribution in [3.63, 3.8) is 0 Å². The van der Waals surface area contributed by atoms with E-state index in [0.717, 1.165) is 37.9 Å². The zero-order valence-corrected chi connectivity index (χ0v) is 18.6. The van der Waals surface area contributed by atoms with Gasteiger partial charge in [-0.15, -0.1) is 11.3 Å². The number of anilines is 2. The molecule has 160 valence electrons. The number of carbonyl (C=O) groups excluding carboxylic acids is 2. The Kier molecular flexibility index (Phi) is 4.48. The number of thiophene rings is 1. The van der Waals surface area contributed by atoms with E-state index in [1.807, 2.05) is 85.1 Å². The van der Waals surface area contributed by atoms with Gasteiger partial charge in [0.05, 0.1) is 27.3 Å². The van der Waals surface area contributed by atoms with Crippen molar-refractivity contribution in [2.24, 2.45) is 0 Å². The zero-order valence-electron chi connectivity index (χ0n) is 17.8. The third kappa shape index (κ3) is 3.02. The lowest BCUT2D eigenvalue weighted by atomic mass is 10.0. The summed E-state index contributed by atoms with van der Waals surface area (Å²) in [6.45, 7) is 2.56. The Labute approximate surface area is 194 Å². The van der Waals surface area contributed by atoms with Crippen LogP contribution in [0.1, 0.15) is 27.6 Å². The second-order valence-electron chi connectivity index (χ2n) is 7.91. The molecule has 0 spiro atoms. The minimum atomic E-state index is -0.205. The number of carbonyl (C=O) groups is 2. The molecule has 3 heterocycles. The SMILES string of the molecule is CCN1C(=O)c2cccc3c(NC(=O)c4cc(-c5cccs5)nc5ccccc45)ccc1c23. The summed E-state index contributed by atoms with van der Waals surface area (Å²) in [7, 11) is 0. The molecule has 0 unspecified atom stereocenters. The minimum absolute atomic E-state index is 0.00212. The van der Waals surface area contributed by atoms with E-state index in [9.17, 15) is 9.59 Å². The molecule has 6 rings (SSSR count). The van der Waals surface area contributed by atoms with E-state index in [4.69, 9.17) is 4.98 Å². The van der Waals surface area contributed by atoms with Crippen LogP contribution < -0.4 is 10.2 Å². The minimum Gasteiger partial charge on any atom is -0.321 e. The highest BCUT2D eigenvalue weighted by Gasteiger charge is 2.29. The van der Waals surface area contributed by atoms with Gasteiger partial charge in [-0.2, -0.15) is 0 Å². The fourth-order valence-corrected chi connectivity index (χ4v) is 5.26. The molecule has 5 nitrogen and oxygen atoms in total. The predicted molar refractivity (Wildman–Crippen MR) is 134 cm³/mol. The topological polar surface area (TPSA) is 62.3 Å². The van der Waals surface area contributed by atoms with E-state index in [2.05, 4.69) is 5.32 Å². The summed E-state index contributed by atoms with van der Waals surface area (Å²) < 4.78 is 0. The predicted octanol–water partition coefficient (Wildman–Crippen LogP) is 6.35. The molecular formula is C27H19N3O2S. The summed E-state index contributed by atoms with van der Waals surface area (Å²) in [4.78, 5) is 33.9. The Balaban J connectivity index is 1.47. The summed E-state index contributed by atoms with van der Waals surface area (Å²) >= 11 is 1.59. The van der Waals surface area contributed by atoms with Gasteiger partial charge in [0.25, 0.3) is 11.8 Å². The normalized spacial score (nSPS) is 12.6. The van der Waals surface area contributed by atoms with Crippen molar-refractivity contribution in [2.45, 2.75) is 6.92 Å². The van der Waals surface area contributed by atoms with E-state index in [0.29, 0.717) is 23.4 Å². The van der Waals surface area contributed by atoms with Crippen molar-refractivity contribution in [3.8, 4) is 10.6 Å². The van der Waals surface area contributed by atoms with Crippen LogP contribution >= 0.6 is 11.3 Å². The van der Waals surface area contributed by atoms with Crippen LogP contribution in [0.4, 0.5) is 11.4 Å². The number of nitrogens with zero attached hydrogens (tertiary/aromatic N) is 2. The number of pyridine rings is 1. The number of benzene rings is 3. The molecule has 33 heavy (non-hydrogen) atoms. The quantitative estimate of drug-likeness (QED) is 0.348. The van der Waals surface area contributed by atoms with Gasteiger partial charge in [0.1, 0.15) is 0 Å². The number of aromatic nitrogens is 1. The Hall–Kier alpha value is -4.03. The first kappa shape index (κ1) is 19.6. The molecule has 1 N–H and O–H groups in total. The molecule has 0 radical (unpaired) electrons. The van der Waals surface area contributed by atoms with Gasteiger partial charge in [-0.25, -0.2) is 4.98 Å². The van der Waals surface area contributed by atoms with Gasteiger partial charge < -0.3 is 10.2 Å². The van der Waals surface area contributed by atoms with Gasteiger partial charge in [-0.1, -0.05) is 36.4 Å².